The van der Waals surface area contributed by atoms with E-state index >= 15 is 0 Å². The molecule has 8 nitrogen and oxygen atoms in total. The highest BCUT2D eigenvalue weighted by Gasteiger charge is 2.50. The Morgan fingerprint density at radius 1 is 1.13 bits per heavy atom. The molecule has 0 unspecified atom stereocenters. The second-order valence-corrected chi connectivity index (χ2v) is 7.60. The molecule has 0 aliphatic carbocycles. The summed E-state index contributed by atoms with van der Waals surface area (Å²) in [4.78, 5) is 38.0. The molecule has 3 rings (SSSR count). The number of methoxy groups -OCH3 is 1. The van der Waals surface area contributed by atoms with Crippen molar-refractivity contribution in [1.29, 1.82) is 0 Å². The van der Waals surface area contributed by atoms with E-state index in [0.29, 0.717) is 40.2 Å². The maximum absolute atomic E-state index is 13.0. The third-order valence-electron chi connectivity index (χ3n) is 4.75. The molecular weight excluding hydrogens is 386 g/mol. The van der Waals surface area contributed by atoms with Gasteiger partial charge in [-0.15, -0.1) is 0 Å². The fourth-order valence-corrected chi connectivity index (χ4v) is 3.00. The highest BCUT2D eigenvalue weighted by atomic mass is 16.5. The van der Waals surface area contributed by atoms with Crippen molar-refractivity contribution in [1.82, 2.24) is 15.8 Å². The molecule has 0 aromatic heterocycles. The first kappa shape index (κ1) is 21.2. The zero-order chi connectivity index (χ0) is 21.9. The molecule has 0 radical (unpaired) electrons. The summed E-state index contributed by atoms with van der Waals surface area (Å²) < 4.78 is 10.8. The van der Waals surface area contributed by atoms with E-state index in [-0.39, 0.29) is 0 Å². The Bertz CT molecular complexity index is 958. The van der Waals surface area contributed by atoms with Gasteiger partial charge >= 0.3 is 6.03 Å². The van der Waals surface area contributed by atoms with Gasteiger partial charge in [0, 0.05) is 5.56 Å². The van der Waals surface area contributed by atoms with Crippen LogP contribution in [0.4, 0.5) is 4.79 Å². The van der Waals surface area contributed by atoms with Crippen LogP contribution in [0.3, 0.4) is 0 Å². The van der Waals surface area contributed by atoms with Gasteiger partial charge in [0.05, 0.1) is 13.7 Å². The summed E-state index contributed by atoms with van der Waals surface area (Å²) >= 11 is 0. The number of benzene rings is 2. The number of ether oxygens (including phenoxy) is 2. The molecule has 1 aliphatic heterocycles. The summed E-state index contributed by atoms with van der Waals surface area (Å²) in [7, 11) is 1.52. The molecule has 8 heteroatoms. The number of rotatable bonds is 7. The van der Waals surface area contributed by atoms with E-state index < -0.39 is 23.4 Å². The average Bonchev–Trinajstić information content (AvgIpc) is 2.96. The minimum atomic E-state index is -1.33. The van der Waals surface area contributed by atoms with Crippen LogP contribution in [0.5, 0.6) is 11.5 Å². The summed E-state index contributed by atoms with van der Waals surface area (Å²) in [6.07, 6.45) is 0. The Morgan fingerprint density at radius 3 is 2.47 bits per heavy atom. The van der Waals surface area contributed by atoms with Gasteiger partial charge in [-0.1, -0.05) is 26.0 Å². The van der Waals surface area contributed by atoms with Gasteiger partial charge in [0.1, 0.15) is 17.0 Å². The molecule has 0 bridgehead atoms. The van der Waals surface area contributed by atoms with Crippen LogP contribution in [0.25, 0.3) is 0 Å². The van der Waals surface area contributed by atoms with Crippen molar-refractivity contribution in [2.45, 2.75) is 26.3 Å². The van der Waals surface area contributed by atoms with Crippen molar-refractivity contribution in [2.75, 3.05) is 13.7 Å². The molecule has 2 aromatic rings. The van der Waals surface area contributed by atoms with Crippen molar-refractivity contribution in [3.05, 3.63) is 59.7 Å². The first-order valence-corrected chi connectivity index (χ1v) is 9.59. The van der Waals surface area contributed by atoms with Crippen molar-refractivity contribution < 1.29 is 23.9 Å². The Balaban J connectivity index is 1.72. The van der Waals surface area contributed by atoms with Crippen LogP contribution in [-0.2, 0) is 10.3 Å². The zero-order valence-corrected chi connectivity index (χ0v) is 17.4. The maximum Gasteiger partial charge on any atom is 0.344 e. The predicted molar refractivity (Wildman–Crippen MR) is 110 cm³/mol. The number of hydrogen-bond donors (Lipinski definition) is 2. The molecule has 158 valence electrons. The molecule has 0 spiro atoms. The lowest BCUT2D eigenvalue weighted by molar-refractivity contribution is -0.132. The van der Waals surface area contributed by atoms with Gasteiger partial charge in [0.25, 0.3) is 11.8 Å². The number of carbonyl (C=O) groups is 3. The summed E-state index contributed by atoms with van der Waals surface area (Å²) in [5, 5.41) is 3.34. The van der Waals surface area contributed by atoms with E-state index in [4.69, 9.17) is 9.47 Å². The zero-order valence-electron chi connectivity index (χ0n) is 17.4. The van der Waals surface area contributed by atoms with Crippen molar-refractivity contribution >= 4 is 17.8 Å². The van der Waals surface area contributed by atoms with E-state index in [0.717, 1.165) is 0 Å². The van der Waals surface area contributed by atoms with Crippen LogP contribution < -0.4 is 20.2 Å². The Hall–Kier alpha value is -3.55. The normalized spacial score (nSPS) is 18.4. The van der Waals surface area contributed by atoms with Crippen LogP contribution in [0.15, 0.2) is 48.5 Å². The van der Waals surface area contributed by atoms with Gasteiger partial charge in [-0.25, -0.2) is 4.79 Å². The predicted octanol–water partition coefficient (Wildman–Crippen LogP) is 2.84. The number of hydrazine groups is 1. The standard InChI is InChI=1S/C22H25N3O5/c1-14(2)13-30-17-10-8-15(9-11-17)19(26)24-25-20(27)22(3,23-21(25)28)16-6-5-7-18(12-16)29-4/h5-12,14H,13H2,1-4H3,(H,23,28)(H,24,26)/t22-/m0/s1. The van der Waals surface area contributed by atoms with Gasteiger partial charge in [-0.05, 0) is 54.8 Å². The molecule has 1 aliphatic rings. The van der Waals surface area contributed by atoms with Crippen molar-refractivity contribution in [2.24, 2.45) is 5.92 Å². The highest BCUT2D eigenvalue weighted by Crippen LogP contribution is 2.30. The average molecular weight is 411 g/mol. The molecule has 30 heavy (non-hydrogen) atoms. The van der Waals surface area contributed by atoms with E-state index in [1.807, 2.05) is 13.8 Å². The molecule has 1 atom stereocenters. The number of carbonyl (C=O) groups excluding carboxylic acids is 3. The number of nitrogens with zero attached hydrogens (tertiary/aromatic N) is 1. The summed E-state index contributed by atoms with van der Waals surface area (Å²) in [6, 6.07) is 12.6. The SMILES string of the molecule is COc1cccc([C@]2(C)NC(=O)N(NC(=O)c3ccc(OCC(C)C)cc3)C2=O)c1. The van der Waals surface area contributed by atoms with Crippen molar-refractivity contribution in [3.8, 4) is 11.5 Å². The van der Waals surface area contributed by atoms with E-state index in [1.54, 1.807) is 55.5 Å². The number of imide groups is 1. The van der Waals surface area contributed by atoms with Crippen LogP contribution in [-0.4, -0.2) is 36.6 Å². The summed E-state index contributed by atoms with van der Waals surface area (Å²) in [5.41, 5.74) is 1.89. The Kier molecular flexibility index (Phi) is 5.96. The minimum absolute atomic E-state index is 0.294. The fourth-order valence-electron chi connectivity index (χ4n) is 3.00. The number of nitrogens with one attached hydrogen (secondary N) is 2. The van der Waals surface area contributed by atoms with Crippen LogP contribution in [0.2, 0.25) is 0 Å². The molecular formula is C22H25N3O5. The van der Waals surface area contributed by atoms with E-state index in [2.05, 4.69) is 10.7 Å². The van der Waals surface area contributed by atoms with E-state index in [1.165, 1.54) is 7.11 Å². The molecule has 0 saturated carbocycles. The molecule has 1 fully saturated rings. The molecule has 2 aromatic carbocycles. The fraction of sp³-hybridized carbons (Fsp3) is 0.318. The van der Waals surface area contributed by atoms with Crippen LogP contribution in [0, 0.1) is 5.92 Å². The third-order valence-corrected chi connectivity index (χ3v) is 4.75. The lowest BCUT2D eigenvalue weighted by Crippen LogP contribution is -2.47. The summed E-state index contributed by atoms with van der Waals surface area (Å²) in [5.74, 6) is 0.403. The molecule has 2 N–H and O–H groups in total. The van der Waals surface area contributed by atoms with E-state index in [9.17, 15) is 14.4 Å². The smallest absolute Gasteiger partial charge is 0.344 e. The second kappa shape index (κ2) is 8.44. The quantitative estimate of drug-likeness (QED) is 0.683. The molecule has 4 amide bonds. The van der Waals surface area contributed by atoms with Gasteiger partial charge < -0.3 is 14.8 Å². The van der Waals surface area contributed by atoms with Crippen LogP contribution in [0.1, 0.15) is 36.7 Å². The lowest BCUT2D eigenvalue weighted by atomic mass is 9.92. The van der Waals surface area contributed by atoms with Gasteiger partial charge in [0.2, 0.25) is 0 Å². The maximum atomic E-state index is 13.0. The van der Waals surface area contributed by atoms with Crippen LogP contribution >= 0.6 is 0 Å². The molecule has 1 heterocycles. The van der Waals surface area contributed by atoms with Gasteiger partial charge in [-0.2, -0.15) is 5.01 Å². The summed E-state index contributed by atoms with van der Waals surface area (Å²) in [6.45, 7) is 6.23. The topological polar surface area (TPSA) is 97.0 Å². The second-order valence-electron chi connectivity index (χ2n) is 7.60. The number of urea groups is 1. The first-order valence-electron chi connectivity index (χ1n) is 9.59. The highest BCUT2D eigenvalue weighted by molar-refractivity contribution is 6.09. The minimum Gasteiger partial charge on any atom is -0.497 e. The van der Waals surface area contributed by atoms with Crippen molar-refractivity contribution in [3.63, 3.8) is 0 Å². The first-order chi connectivity index (χ1) is 14.2. The number of hydrogen-bond acceptors (Lipinski definition) is 5. The monoisotopic (exact) mass is 411 g/mol. The number of amides is 4. The third kappa shape index (κ3) is 4.22. The van der Waals surface area contributed by atoms with Gasteiger partial charge in [0.15, 0.2) is 0 Å². The largest absolute Gasteiger partial charge is 0.497 e. The van der Waals surface area contributed by atoms with Gasteiger partial charge in [-0.3, -0.25) is 15.0 Å². The lowest BCUT2D eigenvalue weighted by Gasteiger charge is -2.22. The molecule has 1 saturated heterocycles. The Morgan fingerprint density at radius 2 is 1.83 bits per heavy atom. The Labute approximate surface area is 175 Å².